The Hall–Kier alpha value is -0.570. The van der Waals surface area contributed by atoms with Crippen molar-refractivity contribution in [1.29, 1.82) is 0 Å². The number of likely N-dealkylation sites (tertiary alicyclic amines) is 1. The van der Waals surface area contributed by atoms with Crippen molar-refractivity contribution < 1.29 is 9.90 Å². The molecule has 1 saturated heterocycles. The second-order valence-electron chi connectivity index (χ2n) is 4.80. The minimum absolute atomic E-state index is 0.0669. The molecule has 0 radical (unpaired) electrons. The molecule has 14 heavy (non-hydrogen) atoms. The van der Waals surface area contributed by atoms with Gasteiger partial charge in [0.05, 0.1) is 5.92 Å². The normalized spacial score (nSPS) is 39.1. The molecule has 0 bridgehead atoms. The van der Waals surface area contributed by atoms with Crippen LogP contribution in [-0.2, 0) is 4.79 Å². The van der Waals surface area contributed by atoms with Gasteiger partial charge in [0, 0.05) is 6.04 Å². The average molecular weight is 197 g/mol. The van der Waals surface area contributed by atoms with Crippen molar-refractivity contribution in [3.63, 3.8) is 0 Å². The molecule has 1 aliphatic heterocycles. The summed E-state index contributed by atoms with van der Waals surface area (Å²) < 4.78 is 0. The molecule has 1 N–H and O–H groups in total. The van der Waals surface area contributed by atoms with Crippen LogP contribution in [0.25, 0.3) is 0 Å². The maximum absolute atomic E-state index is 10.9. The average Bonchev–Trinajstić information content (AvgIpc) is 2.17. The van der Waals surface area contributed by atoms with Crippen molar-refractivity contribution in [2.45, 2.75) is 38.1 Å². The molecule has 0 amide bonds. The second-order valence-corrected chi connectivity index (χ2v) is 4.80. The summed E-state index contributed by atoms with van der Waals surface area (Å²) in [6.07, 6.45) is 5.34. The highest BCUT2D eigenvalue weighted by Crippen LogP contribution is 2.37. The van der Waals surface area contributed by atoms with Gasteiger partial charge < -0.3 is 10.0 Å². The zero-order valence-electron chi connectivity index (χ0n) is 8.78. The van der Waals surface area contributed by atoms with Crippen LogP contribution in [0.5, 0.6) is 0 Å². The van der Waals surface area contributed by atoms with E-state index in [-0.39, 0.29) is 5.92 Å². The van der Waals surface area contributed by atoms with Gasteiger partial charge in [-0.1, -0.05) is 0 Å². The van der Waals surface area contributed by atoms with Gasteiger partial charge in [-0.05, 0) is 51.6 Å². The van der Waals surface area contributed by atoms with Crippen LogP contribution in [-0.4, -0.2) is 35.6 Å². The Bertz CT molecular complexity index is 229. The topological polar surface area (TPSA) is 40.5 Å². The van der Waals surface area contributed by atoms with Crippen LogP contribution in [0, 0.1) is 11.8 Å². The molecule has 1 aliphatic carbocycles. The first-order valence-corrected chi connectivity index (χ1v) is 5.61. The van der Waals surface area contributed by atoms with Crippen molar-refractivity contribution in [3.05, 3.63) is 0 Å². The molecule has 3 heteroatoms. The molecule has 2 rings (SSSR count). The third kappa shape index (κ3) is 1.78. The fourth-order valence-electron chi connectivity index (χ4n) is 3.13. The number of fused-ring (bicyclic) bond motifs is 1. The standard InChI is InChI=1S/C11H19NO2/c1-12-6-2-3-8-7-9(11(13)14)4-5-10(8)12/h8-10H,2-7H2,1H3,(H,13,14)/t8?,9-,10?/m1/s1. The Morgan fingerprint density at radius 2 is 2.14 bits per heavy atom. The van der Waals surface area contributed by atoms with Gasteiger partial charge in [-0.25, -0.2) is 0 Å². The highest BCUT2D eigenvalue weighted by atomic mass is 16.4. The Balaban J connectivity index is 1.99. The van der Waals surface area contributed by atoms with Gasteiger partial charge in [0.25, 0.3) is 0 Å². The number of carboxylic acids is 1. The Morgan fingerprint density at radius 3 is 2.86 bits per heavy atom. The summed E-state index contributed by atoms with van der Waals surface area (Å²) in [7, 11) is 2.18. The van der Waals surface area contributed by atoms with E-state index in [0.29, 0.717) is 12.0 Å². The molecule has 3 nitrogen and oxygen atoms in total. The van der Waals surface area contributed by atoms with Gasteiger partial charge in [-0.2, -0.15) is 0 Å². The van der Waals surface area contributed by atoms with Crippen LogP contribution in [0.1, 0.15) is 32.1 Å². The number of rotatable bonds is 1. The molecule has 1 saturated carbocycles. The molecule has 0 aromatic heterocycles. The number of nitrogens with zero attached hydrogens (tertiary/aromatic N) is 1. The molecule has 2 fully saturated rings. The minimum Gasteiger partial charge on any atom is -0.481 e. The van der Waals surface area contributed by atoms with Gasteiger partial charge in [0.2, 0.25) is 0 Å². The zero-order chi connectivity index (χ0) is 10.1. The largest absolute Gasteiger partial charge is 0.481 e. The first-order valence-electron chi connectivity index (χ1n) is 5.61. The zero-order valence-corrected chi connectivity index (χ0v) is 8.78. The number of carbonyl (C=O) groups is 1. The molecule has 2 unspecified atom stereocenters. The smallest absolute Gasteiger partial charge is 0.306 e. The number of piperidine rings is 1. The molecule has 2 aliphatic rings. The summed E-state index contributed by atoms with van der Waals surface area (Å²) in [4.78, 5) is 13.3. The van der Waals surface area contributed by atoms with Crippen molar-refractivity contribution in [2.24, 2.45) is 11.8 Å². The fraction of sp³-hybridized carbons (Fsp3) is 0.909. The van der Waals surface area contributed by atoms with E-state index in [9.17, 15) is 4.79 Å². The van der Waals surface area contributed by atoms with Crippen molar-refractivity contribution >= 4 is 5.97 Å². The Kier molecular flexibility index (Phi) is 2.77. The van der Waals surface area contributed by atoms with Crippen LogP contribution in [0.4, 0.5) is 0 Å². The lowest BCUT2D eigenvalue weighted by Crippen LogP contribution is -2.46. The summed E-state index contributed by atoms with van der Waals surface area (Å²) in [5.41, 5.74) is 0. The Morgan fingerprint density at radius 1 is 1.36 bits per heavy atom. The summed E-state index contributed by atoms with van der Waals surface area (Å²) in [6.45, 7) is 1.19. The van der Waals surface area contributed by atoms with E-state index in [1.807, 2.05) is 0 Å². The third-order valence-corrected chi connectivity index (χ3v) is 3.94. The molecular weight excluding hydrogens is 178 g/mol. The quantitative estimate of drug-likeness (QED) is 0.694. The highest BCUT2D eigenvalue weighted by Gasteiger charge is 2.37. The van der Waals surface area contributed by atoms with Crippen molar-refractivity contribution in [2.75, 3.05) is 13.6 Å². The molecule has 0 aromatic carbocycles. The maximum Gasteiger partial charge on any atom is 0.306 e. The first kappa shape index (κ1) is 9.97. The molecule has 80 valence electrons. The lowest BCUT2D eigenvalue weighted by Gasteiger charge is -2.43. The molecule has 1 heterocycles. The van der Waals surface area contributed by atoms with Gasteiger partial charge in [0.15, 0.2) is 0 Å². The van der Waals surface area contributed by atoms with Gasteiger partial charge in [0.1, 0.15) is 0 Å². The molecule has 0 spiro atoms. The third-order valence-electron chi connectivity index (χ3n) is 3.94. The van der Waals surface area contributed by atoms with E-state index in [1.54, 1.807) is 0 Å². The summed E-state index contributed by atoms with van der Waals surface area (Å²) in [6, 6.07) is 0.666. The lowest BCUT2D eigenvalue weighted by molar-refractivity contribution is -0.144. The van der Waals surface area contributed by atoms with Gasteiger partial charge in [-0.3, -0.25) is 4.79 Å². The predicted octanol–water partition coefficient (Wildman–Crippen LogP) is 1.58. The van der Waals surface area contributed by atoms with Crippen LogP contribution in [0.2, 0.25) is 0 Å². The number of hydrogen-bond acceptors (Lipinski definition) is 2. The van der Waals surface area contributed by atoms with Crippen LogP contribution in [0.15, 0.2) is 0 Å². The molecule has 0 aromatic rings. The van der Waals surface area contributed by atoms with E-state index in [2.05, 4.69) is 11.9 Å². The van der Waals surface area contributed by atoms with Crippen molar-refractivity contribution in [3.8, 4) is 0 Å². The van der Waals surface area contributed by atoms with E-state index in [1.165, 1.54) is 19.4 Å². The van der Waals surface area contributed by atoms with Crippen LogP contribution >= 0.6 is 0 Å². The summed E-state index contributed by atoms with van der Waals surface area (Å²) in [5.74, 6) is -0.0111. The van der Waals surface area contributed by atoms with Crippen LogP contribution in [0.3, 0.4) is 0 Å². The fourth-order valence-corrected chi connectivity index (χ4v) is 3.13. The first-order chi connectivity index (χ1) is 6.68. The van der Waals surface area contributed by atoms with Gasteiger partial charge in [-0.15, -0.1) is 0 Å². The van der Waals surface area contributed by atoms with Gasteiger partial charge >= 0.3 is 5.97 Å². The summed E-state index contributed by atoms with van der Waals surface area (Å²) >= 11 is 0. The number of aliphatic carboxylic acids is 1. The lowest BCUT2D eigenvalue weighted by atomic mass is 9.74. The molecular formula is C11H19NO2. The summed E-state index contributed by atoms with van der Waals surface area (Å²) in [5, 5.41) is 8.98. The van der Waals surface area contributed by atoms with Crippen molar-refractivity contribution in [1.82, 2.24) is 4.90 Å². The molecule has 3 atom stereocenters. The second kappa shape index (κ2) is 3.89. The Labute approximate surface area is 85.1 Å². The monoisotopic (exact) mass is 197 g/mol. The minimum atomic E-state index is -0.586. The van der Waals surface area contributed by atoms with Crippen LogP contribution < -0.4 is 0 Å². The van der Waals surface area contributed by atoms with E-state index in [4.69, 9.17) is 5.11 Å². The maximum atomic E-state index is 10.9. The number of hydrogen-bond donors (Lipinski definition) is 1. The SMILES string of the molecule is CN1CCCC2C[C@H](C(=O)O)CCC21. The van der Waals surface area contributed by atoms with E-state index in [0.717, 1.165) is 19.3 Å². The van der Waals surface area contributed by atoms with E-state index >= 15 is 0 Å². The predicted molar refractivity (Wildman–Crippen MR) is 54.1 cm³/mol. The highest BCUT2D eigenvalue weighted by molar-refractivity contribution is 5.70. The number of carboxylic acid groups (broad SMARTS) is 1. The van der Waals surface area contributed by atoms with E-state index < -0.39 is 5.97 Å².